The molecule has 2 aromatic carbocycles. The molecule has 3 aromatic rings. The number of carboxylic acids is 1. The summed E-state index contributed by atoms with van der Waals surface area (Å²) >= 11 is 6.21. The molecule has 0 aliphatic carbocycles. The molecule has 1 amide bonds. The number of hydrogen-bond acceptors (Lipinski definition) is 3. The van der Waals surface area contributed by atoms with Crippen molar-refractivity contribution in [2.24, 2.45) is 0 Å². The van der Waals surface area contributed by atoms with Crippen LogP contribution in [0, 0.1) is 6.92 Å². The van der Waals surface area contributed by atoms with Crippen molar-refractivity contribution in [2.75, 3.05) is 13.1 Å². The number of benzene rings is 2. The van der Waals surface area contributed by atoms with Gasteiger partial charge in [-0.3, -0.25) is 9.89 Å². The Morgan fingerprint density at radius 3 is 2.35 bits per heavy atom. The van der Waals surface area contributed by atoms with Gasteiger partial charge in [-0.2, -0.15) is 18.3 Å². The molecular formula is C24H23ClF3N3O3. The van der Waals surface area contributed by atoms with E-state index in [0.717, 1.165) is 35.4 Å². The fraction of sp³-hybridized carbons (Fsp3) is 0.292. The second kappa shape index (κ2) is 10.7. The van der Waals surface area contributed by atoms with Crippen molar-refractivity contribution in [1.82, 2.24) is 15.1 Å². The Labute approximate surface area is 199 Å². The third-order valence-electron chi connectivity index (χ3n) is 5.51. The van der Waals surface area contributed by atoms with Crippen LogP contribution in [0.4, 0.5) is 13.2 Å². The first-order valence-corrected chi connectivity index (χ1v) is 10.9. The molecule has 1 aromatic heterocycles. The normalized spacial score (nSPS) is 13.4. The summed E-state index contributed by atoms with van der Waals surface area (Å²) in [7, 11) is 0. The fourth-order valence-electron chi connectivity index (χ4n) is 3.71. The van der Waals surface area contributed by atoms with E-state index in [1.54, 1.807) is 0 Å². The molecule has 0 unspecified atom stereocenters. The topological polar surface area (TPSA) is 86.3 Å². The molecule has 34 heavy (non-hydrogen) atoms. The van der Waals surface area contributed by atoms with Gasteiger partial charge in [-0.05, 0) is 30.5 Å². The van der Waals surface area contributed by atoms with Crippen LogP contribution in [-0.4, -0.2) is 51.3 Å². The summed E-state index contributed by atoms with van der Waals surface area (Å²) in [6.45, 7) is 3.51. The number of alkyl halides is 3. The second-order valence-corrected chi connectivity index (χ2v) is 8.20. The number of hydrogen-bond donors (Lipinski definition) is 2. The van der Waals surface area contributed by atoms with Gasteiger partial charge in [0.25, 0.3) is 0 Å². The van der Waals surface area contributed by atoms with Crippen LogP contribution in [0.1, 0.15) is 22.4 Å². The number of aliphatic carboxylic acids is 1. The number of amides is 1. The van der Waals surface area contributed by atoms with Crippen molar-refractivity contribution in [2.45, 2.75) is 32.4 Å². The highest BCUT2D eigenvalue weighted by atomic mass is 35.5. The zero-order valence-electron chi connectivity index (χ0n) is 18.3. The van der Waals surface area contributed by atoms with Crippen LogP contribution in [0.15, 0.2) is 48.5 Å². The van der Waals surface area contributed by atoms with E-state index >= 15 is 0 Å². The third kappa shape index (κ3) is 6.17. The predicted octanol–water partition coefficient (Wildman–Crippen LogP) is 4.84. The summed E-state index contributed by atoms with van der Waals surface area (Å²) < 4.78 is 31.7. The first-order chi connectivity index (χ1) is 16.1. The average Bonchev–Trinajstić information content (AvgIpc) is 3.05. The number of rotatable bonds is 3. The van der Waals surface area contributed by atoms with Gasteiger partial charge in [0.15, 0.2) is 0 Å². The third-order valence-corrected chi connectivity index (χ3v) is 5.88. The minimum Gasteiger partial charge on any atom is -0.475 e. The average molecular weight is 494 g/mol. The molecule has 0 radical (unpaired) electrons. The van der Waals surface area contributed by atoms with E-state index in [1.807, 2.05) is 41.3 Å². The van der Waals surface area contributed by atoms with E-state index in [0.29, 0.717) is 24.5 Å². The molecule has 0 fully saturated rings. The first-order valence-electron chi connectivity index (χ1n) is 10.5. The number of carbonyl (C=O) groups excluding carboxylic acids is 1. The number of carboxylic acid groups (broad SMARTS) is 1. The van der Waals surface area contributed by atoms with Crippen molar-refractivity contribution >= 4 is 23.5 Å². The maximum Gasteiger partial charge on any atom is 0.490 e. The number of aromatic amines is 1. The van der Waals surface area contributed by atoms with Gasteiger partial charge in [-0.15, -0.1) is 0 Å². The molecule has 10 heteroatoms. The molecule has 180 valence electrons. The number of halogens is 4. The maximum absolute atomic E-state index is 12.8. The van der Waals surface area contributed by atoms with Crippen LogP contribution in [0.25, 0.3) is 11.3 Å². The van der Waals surface area contributed by atoms with Gasteiger partial charge >= 0.3 is 12.1 Å². The van der Waals surface area contributed by atoms with Gasteiger partial charge in [0.1, 0.15) is 0 Å². The van der Waals surface area contributed by atoms with Gasteiger partial charge < -0.3 is 10.0 Å². The van der Waals surface area contributed by atoms with Crippen molar-refractivity contribution in [3.63, 3.8) is 0 Å². The van der Waals surface area contributed by atoms with Crippen LogP contribution in [0.2, 0.25) is 5.02 Å². The predicted molar refractivity (Wildman–Crippen MR) is 122 cm³/mol. The standard InChI is InChI=1S/C22H22ClN3O.C2HF3O2/c1-15-6-2-4-8-17(15)22-18-10-12-26(13-11-20(18)24-25-22)21(27)14-16-7-3-5-9-19(16)23;3-2(4,5)1(6)7/h2-9H,10-14H2,1H3,(H,24,25);(H,6,7). The Bertz CT molecular complexity index is 1180. The fourth-order valence-corrected chi connectivity index (χ4v) is 3.91. The lowest BCUT2D eigenvalue weighted by molar-refractivity contribution is -0.192. The number of aryl methyl sites for hydroxylation is 1. The van der Waals surface area contributed by atoms with Crippen LogP contribution >= 0.6 is 11.6 Å². The lowest BCUT2D eigenvalue weighted by Crippen LogP contribution is -2.34. The maximum atomic E-state index is 12.8. The Morgan fingerprint density at radius 2 is 1.71 bits per heavy atom. The lowest BCUT2D eigenvalue weighted by Gasteiger charge is -2.20. The van der Waals surface area contributed by atoms with Gasteiger partial charge in [0.2, 0.25) is 5.91 Å². The summed E-state index contributed by atoms with van der Waals surface area (Å²) in [5, 5.41) is 15.5. The van der Waals surface area contributed by atoms with Gasteiger partial charge in [-0.25, -0.2) is 4.79 Å². The Kier molecular flexibility index (Phi) is 7.98. The summed E-state index contributed by atoms with van der Waals surface area (Å²) in [4.78, 5) is 23.6. The van der Waals surface area contributed by atoms with Crippen LogP contribution < -0.4 is 0 Å². The zero-order valence-corrected chi connectivity index (χ0v) is 19.1. The molecular weight excluding hydrogens is 471 g/mol. The van der Waals surface area contributed by atoms with E-state index in [2.05, 4.69) is 29.3 Å². The minimum atomic E-state index is -5.08. The van der Waals surface area contributed by atoms with Crippen molar-refractivity contribution < 1.29 is 27.9 Å². The van der Waals surface area contributed by atoms with Crippen LogP contribution in [0.5, 0.6) is 0 Å². The SMILES string of the molecule is Cc1ccccc1-c1n[nH]c2c1CCN(C(=O)Cc1ccccc1Cl)CC2.O=C(O)C(F)(F)F. The summed E-state index contributed by atoms with van der Waals surface area (Å²) in [5.74, 6) is -2.63. The molecule has 1 aliphatic heterocycles. The molecule has 0 saturated carbocycles. The molecule has 6 nitrogen and oxygen atoms in total. The number of aromatic nitrogens is 2. The zero-order chi connectivity index (χ0) is 24.9. The number of nitrogens with one attached hydrogen (secondary N) is 1. The quantitative estimate of drug-likeness (QED) is 0.546. The van der Waals surface area contributed by atoms with E-state index < -0.39 is 12.1 Å². The minimum absolute atomic E-state index is 0.124. The second-order valence-electron chi connectivity index (χ2n) is 7.80. The number of nitrogens with zero attached hydrogens (tertiary/aromatic N) is 2. The van der Waals surface area contributed by atoms with E-state index in [1.165, 1.54) is 11.1 Å². The van der Waals surface area contributed by atoms with Gasteiger partial charge in [0, 0.05) is 41.4 Å². The number of carbonyl (C=O) groups is 2. The van der Waals surface area contributed by atoms with E-state index in [-0.39, 0.29) is 5.91 Å². The van der Waals surface area contributed by atoms with Crippen molar-refractivity contribution in [3.8, 4) is 11.3 Å². The summed E-state index contributed by atoms with van der Waals surface area (Å²) in [5.41, 5.74) is 6.64. The number of fused-ring (bicyclic) bond motifs is 1. The van der Waals surface area contributed by atoms with Crippen molar-refractivity contribution in [1.29, 1.82) is 0 Å². The van der Waals surface area contributed by atoms with Crippen molar-refractivity contribution in [3.05, 3.63) is 75.9 Å². The van der Waals surface area contributed by atoms with Crippen LogP contribution in [0.3, 0.4) is 0 Å². The first kappa shape index (κ1) is 25.3. The lowest BCUT2D eigenvalue weighted by atomic mass is 9.99. The van der Waals surface area contributed by atoms with E-state index in [9.17, 15) is 18.0 Å². The summed E-state index contributed by atoms with van der Waals surface area (Å²) in [6.07, 6.45) is -3.14. The molecule has 2 heterocycles. The molecule has 0 bridgehead atoms. The highest BCUT2D eigenvalue weighted by molar-refractivity contribution is 6.31. The highest BCUT2D eigenvalue weighted by Gasteiger charge is 2.38. The van der Waals surface area contributed by atoms with Crippen LogP contribution in [-0.2, 0) is 28.9 Å². The molecule has 4 rings (SSSR count). The Morgan fingerprint density at radius 1 is 1.09 bits per heavy atom. The molecule has 0 atom stereocenters. The smallest absolute Gasteiger partial charge is 0.475 e. The largest absolute Gasteiger partial charge is 0.490 e. The van der Waals surface area contributed by atoms with Gasteiger partial charge in [0.05, 0.1) is 12.1 Å². The monoisotopic (exact) mass is 493 g/mol. The number of H-pyrrole nitrogens is 1. The molecule has 0 saturated heterocycles. The molecule has 2 N–H and O–H groups in total. The Balaban J connectivity index is 0.000000406. The summed E-state index contributed by atoms with van der Waals surface area (Å²) in [6, 6.07) is 15.8. The van der Waals surface area contributed by atoms with Gasteiger partial charge in [-0.1, -0.05) is 54.1 Å². The molecule has 0 spiro atoms. The highest BCUT2D eigenvalue weighted by Crippen LogP contribution is 2.29. The molecule has 1 aliphatic rings. The Hall–Kier alpha value is -3.33. The van der Waals surface area contributed by atoms with E-state index in [4.69, 9.17) is 21.5 Å².